The first kappa shape index (κ1) is 10.4. The first-order chi connectivity index (χ1) is 7.70. The number of rotatable bonds is 2. The molecule has 0 spiro atoms. The Kier molecular flexibility index (Phi) is 2.72. The molecule has 0 aliphatic heterocycles. The number of oxime groups is 1. The Morgan fingerprint density at radius 1 is 1.31 bits per heavy atom. The zero-order valence-electron chi connectivity index (χ0n) is 8.64. The second-order valence-electron chi connectivity index (χ2n) is 3.36. The maximum Gasteiger partial charge on any atom is 0.152 e. The topological polar surface area (TPSA) is 45.7 Å². The summed E-state index contributed by atoms with van der Waals surface area (Å²) in [6, 6.07) is 9.49. The Balaban J connectivity index is 2.39. The predicted octanol–water partition coefficient (Wildman–Crippen LogP) is 3.28. The summed E-state index contributed by atoms with van der Waals surface area (Å²) in [5.41, 5.74) is 1.03. The van der Waals surface area contributed by atoms with Crippen LogP contribution in [0.5, 0.6) is 0 Å². The Hall–Kier alpha value is -2.10. The molecule has 0 saturated heterocycles. The Labute approximate surface area is 91.8 Å². The minimum atomic E-state index is -0.317. The van der Waals surface area contributed by atoms with Crippen LogP contribution < -0.4 is 0 Å². The molecule has 2 aromatic rings. The Morgan fingerprint density at radius 2 is 2.12 bits per heavy atom. The molecular formula is C12H10FNO2. The van der Waals surface area contributed by atoms with Gasteiger partial charge < -0.3 is 9.62 Å². The molecule has 82 valence electrons. The summed E-state index contributed by atoms with van der Waals surface area (Å²) in [7, 11) is 0. The predicted molar refractivity (Wildman–Crippen MR) is 58.1 cm³/mol. The Morgan fingerprint density at radius 3 is 2.81 bits per heavy atom. The van der Waals surface area contributed by atoms with Crippen molar-refractivity contribution in [2.75, 3.05) is 0 Å². The smallest absolute Gasteiger partial charge is 0.152 e. The fraction of sp³-hybridized carbons (Fsp3) is 0.0833. The fourth-order valence-corrected chi connectivity index (χ4v) is 1.38. The molecule has 0 saturated carbocycles. The molecule has 2 rings (SSSR count). The molecule has 0 unspecified atom stereocenters. The molecule has 3 nitrogen and oxygen atoms in total. The average Bonchev–Trinajstić information content (AvgIpc) is 2.77. The van der Waals surface area contributed by atoms with Crippen LogP contribution in [0.25, 0.3) is 11.3 Å². The molecule has 1 heterocycles. The zero-order valence-corrected chi connectivity index (χ0v) is 8.64. The molecule has 4 heteroatoms. The monoisotopic (exact) mass is 219 g/mol. The Bertz CT molecular complexity index is 531. The number of hydrogen-bond acceptors (Lipinski definition) is 3. The van der Waals surface area contributed by atoms with Crippen LogP contribution in [0.3, 0.4) is 0 Å². The van der Waals surface area contributed by atoms with E-state index in [0.717, 1.165) is 0 Å². The van der Waals surface area contributed by atoms with Crippen molar-refractivity contribution in [3.8, 4) is 11.3 Å². The van der Waals surface area contributed by atoms with Crippen LogP contribution in [0.15, 0.2) is 46.0 Å². The minimum Gasteiger partial charge on any atom is -0.455 e. The highest BCUT2D eigenvalue weighted by Crippen LogP contribution is 2.23. The van der Waals surface area contributed by atoms with Gasteiger partial charge in [0.25, 0.3) is 0 Å². The highest BCUT2D eigenvalue weighted by molar-refractivity contribution is 5.96. The minimum absolute atomic E-state index is 0.317. The van der Waals surface area contributed by atoms with E-state index in [4.69, 9.17) is 9.62 Å². The van der Waals surface area contributed by atoms with E-state index >= 15 is 0 Å². The molecule has 0 amide bonds. The third-order valence-corrected chi connectivity index (χ3v) is 2.22. The van der Waals surface area contributed by atoms with Gasteiger partial charge in [-0.15, -0.1) is 0 Å². The van der Waals surface area contributed by atoms with Crippen molar-refractivity contribution >= 4 is 5.71 Å². The van der Waals surface area contributed by atoms with Gasteiger partial charge in [0.1, 0.15) is 17.3 Å². The molecule has 0 aliphatic rings. The molecule has 1 aromatic carbocycles. The zero-order chi connectivity index (χ0) is 11.5. The second kappa shape index (κ2) is 4.18. The van der Waals surface area contributed by atoms with E-state index < -0.39 is 0 Å². The van der Waals surface area contributed by atoms with Crippen LogP contribution in [-0.4, -0.2) is 10.9 Å². The first-order valence-electron chi connectivity index (χ1n) is 4.75. The van der Waals surface area contributed by atoms with Gasteiger partial charge in [0.2, 0.25) is 0 Å². The lowest BCUT2D eigenvalue weighted by Gasteiger charge is -1.97. The van der Waals surface area contributed by atoms with Crippen LogP contribution in [0, 0.1) is 5.82 Å². The third-order valence-electron chi connectivity index (χ3n) is 2.22. The second-order valence-corrected chi connectivity index (χ2v) is 3.36. The van der Waals surface area contributed by atoms with E-state index in [2.05, 4.69) is 5.16 Å². The van der Waals surface area contributed by atoms with Crippen molar-refractivity contribution in [1.29, 1.82) is 0 Å². The van der Waals surface area contributed by atoms with Crippen molar-refractivity contribution in [3.05, 3.63) is 48.0 Å². The van der Waals surface area contributed by atoms with Crippen molar-refractivity contribution < 1.29 is 14.0 Å². The van der Waals surface area contributed by atoms with E-state index in [1.54, 1.807) is 31.2 Å². The van der Waals surface area contributed by atoms with E-state index in [9.17, 15) is 4.39 Å². The van der Waals surface area contributed by atoms with Crippen molar-refractivity contribution in [3.63, 3.8) is 0 Å². The fourth-order valence-electron chi connectivity index (χ4n) is 1.38. The number of halogens is 1. The number of benzene rings is 1. The lowest BCUT2D eigenvalue weighted by molar-refractivity contribution is 0.317. The molecular weight excluding hydrogens is 209 g/mol. The van der Waals surface area contributed by atoms with E-state index in [0.29, 0.717) is 22.8 Å². The van der Waals surface area contributed by atoms with Gasteiger partial charge in [-0.1, -0.05) is 17.3 Å². The third kappa shape index (κ3) is 1.95. The summed E-state index contributed by atoms with van der Waals surface area (Å²) < 4.78 is 18.4. The summed E-state index contributed by atoms with van der Waals surface area (Å²) in [6.45, 7) is 1.62. The largest absolute Gasteiger partial charge is 0.455 e. The van der Waals surface area contributed by atoms with Crippen molar-refractivity contribution in [1.82, 2.24) is 0 Å². The summed E-state index contributed by atoms with van der Waals surface area (Å²) in [5.74, 6) is 0.683. The highest BCUT2D eigenvalue weighted by atomic mass is 19.1. The SMILES string of the molecule is C/C(=N\O)c1ccc(-c2cccc(F)c2)o1. The number of hydrogen-bond donors (Lipinski definition) is 1. The highest BCUT2D eigenvalue weighted by Gasteiger charge is 2.07. The molecule has 0 aliphatic carbocycles. The molecule has 0 atom stereocenters. The van der Waals surface area contributed by atoms with E-state index in [1.165, 1.54) is 12.1 Å². The molecule has 0 radical (unpaired) electrons. The van der Waals surface area contributed by atoms with E-state index in [-0.39, 0.29) is 5.82 Å². The van der Waals surface area contributed by atoms with Crippen LogP contribution in [0.2, 0.25) is 0 Å². The van der Waals surface area contributed by atoms with Gasteiger partial charge in [-0.3, -0.25) is 0 Å². The summed E-state index contributed by atoms with van der Waals surface area (Å²) in [4.78, 5) is 0. The quantitative estimate of drug-likeness (QED) is 0.478. The van der Waals surface area contributed by atoms with Crippen LogP contribution in [-0.2, 0) is 0 Å². The van der Waals surface area contributed by atoms with Crippen molar-refractivity contribution in [2.45, 2.75) is 6.92 Å². The van der Waals surface area contributed by atoms with Gasteiger partial charge in [0.15, 0.2) is 5.76 Å². The molecule has 16 heavy (non-hydrogen) atoms. The lowest BCUT2D eigenvalue weighted by Crippen LogP contribution is -1.89. The van der Waals surface area contributed by atoms with Gasteiger partial charge in [-0.2, -0.15) is 0 Å². The number of furan rings is 1. The average molecular weight is 219 g/mol. The van der Waals surface area contributed by atoms with Gasteiger partial charge >= 0.3 is 0 Å². The summed E-state index contributed by atoms with van der Waals surface area (Å²) in [6.07, 6.45) is 0. The van der Waals surface area contributed by atoms with Crippen LogP contribution >= 0.6 is 0 Å². The van der Waals surface area contributed by atoms with Crippen LogP contribution in [0.4, 0.5) is 4.39 Å². The standard InChI is InChI=1S/C12H10FNO2/c1-8(14-15)11-5-6-12(16-11)9-3-2-4-10(13)7-9/h2-7,15H,1H3/b14-8+. The van der Waals surface area contributed by atoms with Gasteiger partial charge in [-0.25, -0.2) is 4.39 Å². The number of nitrogens with zero attached hydrogens (tertiary/aromatic N) is 1. The summed E-state index contributed by atoms with van der Waals surface area (Å²) in [5, 5.41) is 11.6. The van der Waals surface area contributed by atoms with Crippen molar-refractivity contribution in [2.24, 2.45) is 5.16 Å². The maximum atomic E-state index is 13.0. The lowest BCUT2D eigenvalue weighted by atomic mass is 10.2. The first-order valence-corrected chi connectivity index (χ1v) is 4.75. The van der Waals surface area contributed by atoms with Gasteiger partial charge in [0, 0.05) is 5.56 Å². The van der Waals surface area contributed by atoms with E-state index in [1.807, 2.05) is 0 Å². The van der Waals surface area contributed by atoms with Gasteiger partial charge in [0.05, 0.1) is 0 Å². The molecule has 1 N–H and O–H groups in total. The maximum absolute atomic E-state index is 13.0. The molecule has 0 fully saturated rings. The normalized spacial score (nSPS) is 11.8. The molecule has 0 bridgehead atoms. The van der Waals surface area contributed by atoms with Gasteiger partial charge in [-0.05, 0) is 31.2 Å². The molecule has 1 aromatic heterocycles. The summed E-state index contributed by atoms with van der Waals surface area (Å²) >= 11 is 0. The van der Waals surface area contributed by atoms with Crippen LogP contribution in [0.1, 0.15) is 12.7 Å².